The van der Waals surface area contributed by atoms with E-state index in [1.54, 1.807) is 0 Å². The topological polar surface area (TPSA) is 38.7 Å². The molecule has 0 aliphatic heterocycles. The Morgan fingerprint density at radius 1 is 1.25 bits per heavy atom. The second kappa shape index (κ2) is 4.70. The van der Waals surface area contributed by atoms with Gasteiger partial charge in [0.2, 0.25) is 0 Å². The summed E-state index contributed by atoms with van der Waals surface area (Å²) in [7, 11) is 0. The fourth-order valence-corrected chi connectivity index (χ4v) is 1.81. The molecule has 0 amide bonds. The first-order valence-corrected chi connectivity index (χ1v) is 5.95. The van der Waals surface area contributed by atoms with E-state index in [1.807, 2.05) is 38.2 Å². The monoisotopic (exact) mass is 277 g/mol. The third-order valence-electron chi connectivity index (χ3n) is 2.26. The first-order chi connectivity index (χ1) is 7.69. The van der Waals surface area contributed by atoms with Crippen LogP contribution < -0.4 is 0 Å². The molecule has 0 radical (unpaired) electrons. The van der Waals surface area contributed by atoms with Gasteiger partial charge >= 0.3 is 0 Å². The van der Waals surface area contributed by atoms with Gasteiger partial charge in [0, 0.05) is 23.9 Å². The van der Waals surface area contributed by atoms with Gasteiger partial charge in [-0.1, -0.05) is 6.92 Å². The SMILES string of the molecule is CCc1nc(Br)cc(-c2ccc(C)nc2)n1. The molecule has 0 saturated carbocycles. The van der Waals surface area contributed by atoms with E-state index in [4.69, 9.17) is 0 Å². The zero-order chi connectivity index (χ0) is 11.5. The third kappa shape index (κ3) is 2.44. The van der Waals surface area contributed by atoms with Gasteiger partial charge in [-0.15, -0.1) is 0 Å². The molecule has 2 aromatic rings. The van der Waals surface area contributed by atoms with Crippen LogP contribution in [0.15, 0.2) is 29.0 Å². The molecule has 2 rings (SSSR count). The Morgan fingerprint density at radius 3 is 2.69 bits per heavy atom. The average Bonchev–Trinajstić information content (AvgIpc) is 2.29. The molecule has 82 valence electrons. The lowest BCUT2D eigenvalue weighted by Crippen LogP contribution is -1.96. The van der Waals surface area contributed by atoms with Crippen molar-refractivity contribution in [3.63, 3.8) is 0 Å². The Morgan fingerprint density at radius 2 is 2.06 bits per heavy atom. The Labute approximate surface area is 103 Å². The standard InChI is InChI=1S/C12H12BrN3/c1-3-12-15-10(6-11(13)16-12)9-5-4-8(2)14-7-9/h4-7H,3H2,1-2H3. The number of hydrogen-bond acceptors (Lipinski definition) is 3. The zero-order valence-electron chi connectivity index (χ0n) is 9.24. The van der Waals surface area contributed by atoms with Crippen molar-refractivity contribution in [1.82, 2.24) is 15.0 Å². The van der Waals surface area contributed by atoms with Gasteiger partial charge in [0.1, 0.15) is 10.4 Å². The molecule has 0 aromatic carbocycles. The Kier molecular flexibility index (Phi) is 3.29. The zero-order valence-corrected chi connectivity index (χ0v) is 10.8. The molecule has 0 spiro atoms. The molecule has 0 aliphatic rings. The molecule has 0 N–H and O–H groups in total. The Balaban J connectivity index is 2.47. The minimum atomic E-state index is 0.815. The summed E-state index contributed by atoms with van der Waals surface area (Å²) in [4.78, 5) is 13.0. The lowest BCUT2D eigenvalue weighted by molar-refractivity contribution is 0.931. The van der Waals surface area contributed by atoms with Crippen LogP contribution in [0.2, 0.25) is 0 Å². The molecule has 0 bridgehead atoms. The lowest BCUT2D eigenvalue weighted by atomic mass is 10.2. The van der Waals surface area contributed by atoms with E-state index in [0.29, 0.717) is 0 Å². The lowest BCUT2D eigenvalue weighted by Gasteiger charge is -2.04. The van der Waals surface area contributed by atoms with Crippen LogP contribution in [0.5, 0.6) is 0 Å². The highest BCUT2D eigenvalue weighted by molar-refractivity contribution is 9.10. The summed E-state index contributed by atoms with van der Waals surface area (Å²) in [5, 5.41) is 0. The number of nitrogens with zero attached hydrogens (tertiary/aromatic N) is 3. The van der Waals surface area contributed by atoms with Crippen LogP contribution in [0.4, 0.5) is 0 Å². The number of rotatable bonds is 2. The van der Waals surface area contributed by atoms with Crippen molar-refractivity contribution in [1.29, 1.82) is 0 Å². The molecule has 0 aliphatic carbocycles. The summed E-state index contributed by atoms with van der Waals surface area (Å²) in [6, 6.07) is 5.92. The minimum absolute atomic E-state index is 0.815. The van der Waals surface area contributed by atoms with E-state index in [-0.39, 0.29) is 0 Å². The van der Waals surface area contributed by atoms with Crippen molar-refractivity contribution in [2.24, 2.45) is 0 Å². The van der Waals surface area contributed by atoms with E-state index in [0.717, 1.165) is 33.8 Å². The minimum Gasteiger partial charge on any atom is -0.261 e. The summed E-state index contributed by atoms with van der Waals surface area (Å²) in [6.45, 7) is 4.01. The van der Waals surface area contributed by atoms with Gasteiger partial charge in [0.25, 0.3) is 0 Å². The summed E-state index contributed by atoms with van der Waals surface area (Å²) >= 11 is 3.39. The third-order valence-corrected chi connectivity index (χ3v) is 2.67. The van der Waals surface area contributed by atoms with Crippen molar-refractivity contribution in [2.45, 2.75) is 20.3 Å². The van der Waals surface area contributed by atoms with Gasteiger partial charge in [-0.2, -0.15) is 0 Å². The smallest absolute Gasteiger partial charge is 0.130 e. The normalized spacial score (nSPS) is 10.4. The largest absolute Gasteiger partial charge is 0.261 e. The van der Waals surface area contributed by atoms with Gasteiger partial charge in [-0.05, 0) is 41.1 Å². The Bertz CT molecular complexity index is 494. The van der Waals surface area contributed by atoms with E-state index in [2.05, 4.69) is 30.9 Å². The van der Waals surface area contributed by atoms with Crippen LogP contribution in [-0.4, -0.2) is 15.0 Å². The predicted molar refractivity (Wildman–Crippen MR) is 67.1 cm³/mol. The second-order valence-corrected chi connectivity index (χ2v) is 4.35. The molecule has 0 unspecified atom stereocenters. The number of aromatic nitrogens is 3. The number of hydrogen-bond donors (Lipinski definition) is 0. The number of halogens is 1. The molecule has 16 heavy (non-hydrogen) atoms. The van der Waals surface area contributed by atoms with Crippen molar-refractivity contribution in [3.8, 4) is 11.3 Å². The molecule has 0 fully saturated rings. The molecule has 0 atom stereocenters. The summed E-state index contributed by atoms with van der Waals surface area (Å²) in [5.41, 5.74) is 2.93. The van der Waals surface area contributed by atoms with E-state index < -0.39 is 0 Å². The highest BCUT2D eigenvalue weighted by Crippen LogP contribution is 2.19. The summed E-state index contributed by atoms with van der Waals surface area (Å²) in [6.07, 6.45) is 2.66. The van der Waals surface area contributed by atoms with Crippen LogP contribution in [-0.2, 0) is 6.42 Å². The second-order valence-electron chi connectivity index (χ2n) is 3.53. The number of aryl methyl sites for hydroxylation is 2. The highest BCUT2D eigenvalue weighted by Gasteiger charge is 2.04. The fraction of sp³-hybridized carbons (Fsp3) is 0.250. The van der Waals surface area contributed by atoms with Crippen LogP contribution in [0.3, 0.4) is 0 Å². The van der Waals surface area contributed by atoms with Crippen molar-refractivity contribution < 1.29 is 0 Å². The van der Waals surface area contributed by atoms with Gasteiger partial charge in [0.05, 0.1) is 5.69 Å². The first kappa shape index (κ1) is 11.2. The van der Waals surface area contributed by atoms with E-state index in [1.165, 1.54) is 0 Å². The highest BCUT2D eigenvalue weighted by atomic mass is 79.9. The van der Waals surface area contributed by atoms with E-state index >= 15 is 0 Å². The maximum atomic E-state index is 4.47. The molecule has 0 saturated heterocycles. The first-order valence-electron chi connectivity index (χ1n) is 5.15. The molecular weight excluding hydrogens is 266 g/mol. The molecule has 2 aromatic heterocycles. The van der Waals surface area contributed by atoms with Gasteiger partial charge in [0.15, 0.2) is 0 Å². The van der Waals surface area contributed by atoms with Gasteiger partial charge in [-0.25, -0.2) is 9.97 Å². The molecule has 2 heterocycles. The van der Waals surface area contributed by atoms with Crippen LogP contribution >= 0.6 is 15.9 Å². The van der Waals surface area contributed by atoms with Crippen LogP contribution in [0.25, 0.3) is 11.3 Å². The van der Waals surface area contributed by atoms with Crippen LogP contribution in [0, 0.1) is 6.92 Å². The van der Waals surface area contributed by atoms with Crippen molar-refractivity contribution in [3.05, 3.63) is 40.5 Å². The quantitative estimate of drug-likeness (QED) is 0.792. The molecular formula is C12H12BrN3. The summed E-state index contributed by atoms with van der Waals surface area (Å²) in [5.74, 6) is 0.838. The average molecular weight is 278 g/mol. The maximum Gasteiger partial charge on any atom is 0.130 e. The van der Waals surface area contributed by atoms with Crippen LogP contribution in [0.1, 0.15) is 18.4 Å². The van der Waals surface area contributed by atoms with Gasteiger partial charge < -0.3 is 0 Å². The predicted octanol–water partition coefficient (Wildman–Crippen LogP) is 3.17. The fourth-order valence-electron chi connectivity index (χ4n) is 1.39. The van der Waals surface area contributed by atoms with Crippen molar-refractivity contribution in [2.75, 3.05) is 0 Å². The Hall–Kier alpha value is -1.29. The maximum absolute atomic E-state index is 4.47. The number of pyridine rings is 1. The summed E-state index contributed by atoms with van der Waals surface area (Å²) < 4.78 is 0.815. The van der Waals surface area contributed by atoms with E-state index in [9.17, 15) is 0 Å². The van der Waals surface area contributed by atoms with Crippen molar-refractivity contribution >= 4 is 15.9 Å². The van der Waals surface area contributed by atoms with Gasteiger partial charge in [-0.3, -0.25) is 4.98 Å². The molecule has 4 heteroatoms. The molecule has 3 nitrogen and oxygen atoms in total.